The molecule has 1 N–H and O–H groups in total. The maximum absolute atomic E-state index is 13.0. The van der Waals surface area contributed by atoms with E-state index in [0.29, 0.717) is 34.2 Å². The molecule has 0 spiro atoms. The van der Waals surface area contributed by atoms with E-state index in [-0.39, 0.29) is 17.3 Å². The van der Waals surface area contributed by atoms with Gasteiger partial charge in [0.2, 0.25) is 10.0 Å². The SMILES string of the molecule is CCOc1ccc(C(=O)Nc2ccc(C)c(Cl)c2)cc1CN(C)S(=O)(=O)c1ccc(C)cc1. The lowest BCUT2D eigenvalue weighted by molar-refractivity contribution is 0.102. The van der Waals surface area contributed by atoms with Crippen molar-refractivity contribution >= 4 is 33.2 Å². The van der Waals surface area contributed by atoms with Crippen molar-refractivity contribution < 1.29 is 17.9 Å². The molecule has 8 heteroatoms. The maximum atomic E-state index is 13.0. The van der Waals surface area contributed by atoms with Crippen molar-refractivity contribution in [1.29, 1.82) is 0 Å². The first-order chi connectivity index (χ1) is 15.6. The summed E-state index contributed by atoms with van der Waals surface area (Å²) in [4.78, 5) is 13.0. The Morgan fingerprint density at radius 1 is 1.03 bits per heavy atom. The predicted molar refractivity (Wildman–Crippen MR) is 132 cm³/mol. The van der Waals surface area contributed by atoms with Crippen molar-refractivity contribution in [3.05, 3.63) is 87.9 Å². The number of aryl methyl sites for hydroxylation is 2. The molecule has 3 rings (SSSR count). The molecule has 33 heavy (non-hydrogen) atoms. The van der Waals surface area contributed by atoms with Crippen molar-refractivity contribution in [2.75, 3.05) is 19.0 Å². The first kappa shape index (κ1) is 24.8. The predicted octanol–water partition coefficient (Wildman–Crippen LogP) is 5.43. The van der Waals surface area contributed by atoms with E-state index in [9.17, 15) is 13.2 Å². The summed E-state index contributed by atoms with van der Waals surface area (Å²) >= 11 is 6.15. The fraction of sp³-hybridized carbons (Fsp3) is 0.240. The average molecular weight is 487 g/mol. The average Bonchev–Trinajstić information content (AvgIpc) is 2.77. The topological polar surface area (TPSA) is 75.7 Å². The zero-order chi connectivity index (χ0) is 24.2. The largest absolute Gasteiger partial charge is 0.494 e. The number of hydrogen-bond donors (Lipinski definition) is 1. The Balaban J connectivity index is 1.87. The van der Waals surface area contributed by atoms with Gasteiger partial charge in [0, 0.05) is 35.4 Å². The first-order valence-corrected chi connectivity index (χ1v) is 12.3. The molecule has 0 aromatic heterocycles. The van der Waals surface area contributed by atoms with Crippen molar-refractivity contribution in [1.82, 2.24) is 4.31 Å². The van der Waals surface area contributed by atoms with Crippen molar-refractivity contribution in [2.45, 2.75) is 32.2 Å². The zero-order valence-electron chi connectivity index (χ0n) is 19.1. The molecule has 174 valence electrons. The lowest BCUT2D eigenvalue weighted by Crippen LogP contribution is -2.27. The van der Waals surface area contributed by atoms with E-state index < -0.39 is 10.0 Å². The third kappa shape index (κ3) is 5.93. The van der Waals surface area contributed by atoms with Crippen LogP contribution in [-0.2, 0) is 16.6 Å². The van der Waals surface area contributed by atoms with Crippen LogP contribution in [0.5, 0.6) is 5.75 Å². The number of sulfonamides is 1. The number of anilines is 1. The van der Waals surface area contributed by atoms with Crippen LogP contribution in [0.4, 0.5) is 5.69 Å². The van der Waals surface area contributed by atoms with Gasteiger partial charge >= 0.3 is 0 Å². The van der Waals surface area contributed by atoms with E-state index in [2.05, 4.69) is 5.32 Å². The van der Waals surface area contributed by atoms with Crippen LogP contribution in [0.1, 0.15) is 34.0 Å². The number of benzene rings is 3. The van der Waals surface area contributed by atoms with E-state index in [1.54, 1.807) is 54.6 Å². The van der Waals surface area contributed by atoms with E-state index in [1.807, 2.05) is 26.8 Å². The highest BCUT2D eigenvalue weighted by atomic mass is 35.5. The number of carbonyl (C=O) groups is 1. The Kier molecular flexibility index (Phi) is 7.79. The van der Waals surface area contributed by atoms with Crippen molar-refractivity contribution in [3.63, 3.8) is 0 Å². The number of halogens is 1. The number of amides is 1. The summed E-state index contributed by atoms with van der Waals surface area (Å²) in [6.07, 6.45) is 0. The van der Waals surface area contributed by atoms with Crippen molar-refractivity contribution in [3.8, 4) is 5.75 Å². The van der Waals surface area contributed by atoms with Crippen LogP contribution in [0.3, 0.4) is 0 Å². The second-order valence-corrected chi connectivity index (χ2v) is 10.2. The van der Waals surface area contributed by atoms with Crippen LogP contribution in [0.2, 0.25) is 5.02 Å². The Labute approximate surface area is 200 Å². The molecular formula is C25H27ClN2O4S. The van der Waals surface area contributed by atoms with Crippen LogP contribution in [-0.4, -0.2) is 32.3 Å². The minimum Gasteiger partial charge on any atom is -0.494 e. The molecule has 0 saturated carbocycles. The highest BCUT2D eigenvalue weighted by molar-refractivity contribution is 7.89. The van der Waals surface area contributed by atoms with Crippen LogP contribution in [0.15, 0.2) is 65.6 Å². The Morgan fingerprint density at radius 2 is 1.73 bits per heavy atom. The second kappa shape index (κ2) is 10.4. The van der Waals surface area contributed by atoms with Gasteiger partial charge in [0.05, 0.1) is 11.5 Å². The van der Waals surface area contributed by atoms with Gasteiger partial charge in [-0.2, -0.15) is 4.31 Å². The lowest BCUT2D eigenvalue weighted by atomic mass is 10.1. The van der Waals surface area contributed by atoms with Crippen LogP contribution >= 0.6 is 11.6 Å². The Hall–Kier alpha value is -2.87. The third-order valence-electron chi connectivity index (χ3n) is 5.17. The second-order valence-electron chi connectivity index (χ2n) is 7.75. The third-order valence-corrected chi connectivity index (χ3v) is 7.40. The molecule has 0 aliphatic rings. The van der Waals surface area contributed by atoms with Gasteiger partial charge in [0.25, 0.3) is 5.91 Å². The summed E-state index contributed by atoms with van der Waals surface area (Å²) in [5.74, 6) is 0.196. The van der Waals surface area contributed by atoms with Gasteiger partial charge in [-0.25, -0.2) is 8.42 Å². The molecule has 0 heterocycles. The van der Waals surface area contributed by atoms with E-state index in [4.69, 9.17) is 16.3 Å². The van der Waals surface area contributed by atoms with Gasteiger partial charge in [0.15, 0.2) is 0 Å². The summed E-state index contributed by atoms with van der Waals surface area (Å²) < 4.78 is 33.0. The molecule has 3 aromatic rings. The Bertz CT molecular complexity index is 1260. The molecular weight excluding hydrogens is 460 g/mol. The molecule has 0 aliphatic heterocycles. The molecule has 0 atom stereocenters. The molecule has 0 saturated heterocycles. The minimum atomic E-state index is -3.71. The Morgan fingerprint density at radius 3 is 2.36 bits per heavy atom. The van der Waals surface area contributed by atoms with Gasteiger partial charge in [-0.15, -0.1) is 0 Å². The summed E-state index contributed by atoms with van der Waals surface area (Å²) in [7, 11) is -2.21. The fourth-order valence-electron chi connectivity index (χ4n) is 3.23. The van der Waals surface area contributed by atoms with E-state index in [1.165, 1.54) is 11.4 Å². The van der Waals surface area contributed by atoms with Gasteiger partial charge in [0.1, 0.15) is 5.75 Å². The lowest BCUT2D eigenvalue weighted by Gasteiger charge is -2.20. The highest BCUT2D eigenvalue weighted by Gasteiger charge is 2.23. The monoisotopic (exact) mass is 486 g/mol. The van der Waals surface area contributed by atoms with Crippen LogP contribution in [0.25, 0.3) is 0 Å². The number of ether oxygens (including phenoxy) is 1. The normalized spacial score (nSPS) is 11.5. The quantitative estimate of drug-likeness (QED) is 0.460. The molecule has 0 aliphatic carbocycles. The zero-order valence-corrected chi connectivity index (χ0v) is 20.6. The summed E-state index contributed by atoms with van der Waals surface area (Å²) in [6, 6.07) is 17.0. The van der Waals surface area contributed by atoms with Crippen molar-refractivity contribution in [2.24, 2.45) is 0 Å². The maximum Gasteiger partial charge on any atom is 0.255 e. The number of hydrogen-bond acceptors (Lipinski definition) is 4. The van der Waals surface area contributed by atoms with Crippen LogP contribution < -0.4 is 10.1 Å². The fourth-order valence-corrected chi connectivity index (χ4v) is 4.56. The molecule has 3 aromatic carbocycles. The van der Waals surface area contributed by atoms with E-state index in [0.717, 1.165) is 11.1 Å². The summed E-state index contributed by atoms with van der Waals surface area (Å²) in [5.41, 5.74) is 3.43. The first-order valence-electron chi connectivity index (χ1n) is 10.5. The smallest absolute Gasteiger partial charge is 0.255 e. The number of nitrogens with one attached hydrogen (secondary N) is 1. The minimum absolute atomic E-state index is 0.0447. The van der Waals surface area contributed by atoms with E-state index >= 15 is 0 Å². The molecule has 0 fully saturated rings. The molecule has 0 bridgehead atoms. The summed E-state index contributed by atoms with van der Waals surface area (Å²) in [6.45, 7) is 6.08. The number of rotatable bonds is 8. The van der Waals surface area contributed by atoms with Gasteiger partial charge in [-0.05, 0) is 68.8 Å². The number of nitrogens with zero attached hydrogens (tertiary/aromatic N) is 1. The van der Waals surface area contributed by atoms with Crippen LogP contribution in [0, 0.1) is 13.8 Å². The number of carbonyl (C=O) groups excluding carboxylic acids is 1. The summed E-state index contributed by atoms with van der Waals surface area (Å²) in [5, 5.41) is 3.38. The molecule has 6 nitrogen and oxygen atoms in total. The molecule has 1 amide bonds. The molecule has 0 unspecified atom stereocenters. The molecule has 0 radical (unpaired) electrons. The highest BCUT2D eigenvalue weighted by Crippen LogP contribution is 2.26. The van der Waals surface area contributed by atoms with Gasteiger partial charge < -0.3 is 10.1 Å². The van der Waals surface area contributed by atoms with Gasteiger partial charge in [-0.1, -0.05) is 35.4 Å². The van der Waals surface area contributed by atoms with Gasteiger partial charge in [-0.3, -0.25) is 4.79 Å². The standard InChI is InChI=1S/C25H27ClN2O4S/c1-5-32-24-13-9-19(25(29)27-21-10-8-18(3)23(26)15-21)14-20(24)16-28(4)33(30,31)22-11-6-17(2)7-12-22/h6-15H,5,16H2,1-4H3,(H,27,29).